The molecule has 0 aromatic carbocycles. The first-order chi connectivity index (χ1) is 6.78. The molecule has 2 nitrogen and oxygen atoms in total. The molecule has 0 unspecified atom stereocenters. The van der Waals surface area contributed by atoms with E-state index in [0.717, 1.165) is 12.5 Å². The van der Waals surface area contributed by atoms with Crippen molar-refractivity contribution in [3.63, 3.8) is 0 Å². The average molecular weight is 200 g/mol. The van der Waals surface area contributed by atoms with Gasteiger partial charge in [-0.05, 0) is 39.0 Å². The summed E-state index contributed by atoms with van der Waals surface area (Å²) in [5, 5.41) is 3.20. The van der Waals surface area contributed by atoms with Crippen LogP contribution in [0.2, 0.25) is 0 Å². The second-order valence-electron chi connectivity index (χ2n) is 4.03. The summed E-state index contributed by atoms with van der Waals surface area (Å²) in [5.74, 6) is 0.893. The highest BCUT2D eigenvalue weighted by molar-refractivity contribution is 4.63. The molecule has 0 amide bonds. The Hall–Kier alpha value is -0.0800. The van der Waals surface area contributed by atoms with Crippen LogP contribution in [0.1, 0.15) is 40.0 Å². The second-order valence-corrected chi connectivity index (χ2v) is 4.03. The quantitative estimate of drug-likeness (QED) is 0.575. The maximum absolute atomic E-state index is 3.20. The van der Waals surface area contributed by atoms with Gasteiger partial charge in [-0.1, -0.05) is 33.6 Å². The third kappa shape index (κ3) is 6.39. The van der Waals surface area contributed by atoms with Crippen LogP contribution in [0.4, 0.5) is 0 Å². The third-order valence-electron chi connectivity index (χ3n) is 3.02. The van der Waals surface area contributed by atoms with Gasteiger partial charge in [0.1, 0.15) is 0 Å². The van der Waals surface area contributed by atoms with E-state index in [-0.39, 0.29) is 0 Å². The number of nitrogens with zero attached hydrogens (tertiary/aromatic N) is 1. The summed E-state index contributed by atoms with van der Waals surface area (Å²) in [4.78, 5) is 2.58. The molecule has 0 spiro atoms. The third-order valence-corrected chi connectivity index (χ3v) is 3.02. The minimum atomic E-state index is 0.893. The van der Waals surface area contributed by atoms with E-state index in [4.69, 9.17) is 0 Å². The zero-order chi connectivity index (χ0) is 10.8. The van der Waals surface area contributed by atoms with E-state index in [1.807, 2.05) is 7.05 Å². The van der Waals surface area contributed by atoms with E-state index >= 15 is 0 Å². The van der Waals surface area contributed by atoms with Gasteiger partial charge in [0.2, 0.25) is 0 Å². The van der Waals surface area contributed by atoms with E-state index in [9.17, 15) is 0 Å². The Morgan fingerprint density at radius 2 is 1.79 bits per heavy atom. The Morgan fingerprint density at radius 1 is 1.14 bits per heavy atom. The molecule has 0 aromatic heterocycles. The second kappa shape index (κ2) is 9.47. The highest BCUT2D eigenvalue weighted by atomic mass is 15.1. The molecular weight excluding hydrogens is 172 g/mol. The summed E-state index contributed by atoms with van der Waals surface area (Å²) in [6.45, 7) is 11.7. The normalized spacial score (nSPS) is 11.6. The molecule has 0 rings (SSSR count). The Bertz CT molecular complexity index is 111. The number of rotatable bonds is 9. The lowest BCUT2D eigenvalue weighted by molar-refractivity contribution is 0.231. The smallest absolute Gasteiger partial charge is 0.000935 e. The van der Waals surface area contributed by atoms with Crippen molar-refractivity contribution < 1.29 is 0 Å². The number of nitrogens with one attached hydrogen (secondary N) is 1. The van der Waals surface area contributed by atoms with Crippen LogP contribution in [0.15, 0.2) is 0 Å². The van der Waals surface area contributed by atoms with Gasteiger partial charge >= 0.3 is 0 Å². The molecule has 86 valence electrons. The van der Waals surface area contributed by atoms with Gasteiger partial charge in [0, 0.05) is 6.54 Å². The minimum absolute atomic E-state index is 0.893. The highest BCUT2D eigenvalue weighted by Gasteiger charge is 2.08. The van der Waals surface area contributed by atoms with Crippen LogP contribution in [-0.2, 0) is 0 Å². The first kappa shape index (κ1) is 13.9. The first-order valence-electron chi connectivity index (χ1n) is 6.15. The average Bonchev–Trinajstić information content (AvgIpc) is 2.23. The molecule has 0 aromatic rings. The Morgan fingerprint density at radius 3 is 2.21 bits per heavy atom. The first-order valence-corrected chi connectivity index (χ1v) is 6.15. The molecule has 0 aliphatic rings. The van der Waals surface area contributed by atoms with E-state index in [2.05, 4.69) is 31.0 Å². The van der Waals surface area contributed by atoms with Crippen molar-refractivity contribution in [1.29, 1.82) is 0 Å². The van der Waals surface area contributed by atoms with Gasteiger partial charge in [-0.25, -0.2) is 0 Å². The van der Waals surface area contributed by atoms with Crippen molar-refractivity contribution in [2.75, 3.05) is 33.2 Å². The fourth-order valence-corrected chi connectivity index (χ4v) is 1.77. The number of hydrogen-bond acceptors (Lipinski definition) is 2. The molecule has 0 aliphatic heterocycles. The van der Waals surface area contributed by atoms with E-state index in [0.29, 0.717) is 0 Å². The summed E-state index contributed by atoms with van der Waals surface area (Å²) in [6.07, 6.45) is 3.91. The summed E-state index contributed by atoms with van der Waals surface area (Å²) >= 11 is 0. The molecule has 0 saturated carbocycles. The molecule has 0 fully saturated rings. The van der Waals surface area contributed by atoms with Crippen molar-refractivity contribution in [3.05, 3.63) is 0 Å². The summed E-state index contributed by atoms with van der Waals surface area (Å²) in [6, 6.07) is 0. The monoisotopic (exact) mass is 200 g/mol. The fourth-order valence-electron chi connectivity index (χ4n) is 1.77. The Kier molecular flexibility index (Phi) is 9.42. The zero-order valence-corrected chi connectivity index (χ0v) is 10.5. The molecule has 0 aliphatic carbocycles. The van der Waals surface area contributed by atoms with Crippen molar-refractivity contribution >= 4 is 0 Å². The molecule has 0 heterocycles. The van der Waals surface area contributed by atoms with Gasteiger partial charge in [-0.3, -0.25) is 0 Å². The Labute approximate surface area is 90.1 Å². The lowest BCUT2D eigenvalue weighted by Gasteiger charge is -2.25. The molecule has 0 saturated heterocycles. The van der Waals surface area contributed by atoms with E-state index < -0.39 is 0 Å². The van der Waals surface area contributed by atoms with Crippen molar-refractivity contribution in [2.24, 2.45) is 5.92 Å². The fraction of sp³-hybridized carbons (Fsp3) is 1.00. The van der Waals surface area contributed by atoms with Gasteiger partial charge in [-0.15, -0.1) is 0 Å². The van der Waals surface area contributed by atoms with Crippen LogP contribution in [0.5, 0.6) is 0 Å². The predicted octanol–water partition coefficient (Wildman–Crippen LogP) is 2.35. The predicted molar refractivity (Wildman–Crippen MR) is 64.7 cm³/mol. The maximum atomic E-state index is 3.20. The lowest BCUT2D eigenvalue weighted by Crippen LogP contribution is -2.31. The van der Waals surface area contributed by atoms with Gasteiger partial charge < -0.3 is 10.2 Å². The largest absolute Gasteiger partial charge is 0.320 e. The molecule has 14 heavy (non-hydrogen) atoms. The number of hydrogen-bond donors (Lipinski definition) is 1. The lowest BCUT2D eigenvalue weighted by atomic mass is 10.0. The molecule has 0 atom stereocenters. The molecule has 0 bridgehead atoms. The van der Waals surface area contributed by atoms with Crippen LogP contribution < -0.4 is 5.32 Å². The summed E-state index contributed by atoms with van der Waals surface area (Å²) in [5.41, 5.74) is 0. The summed E-state index contributed by atoms with van der Waals surface area (Å²) < 4.78 is 0. The SMILES string of the molecule is CCC(CC)CN(CC)CCCNC. The van der Waals surface area contributed by atoms with Gasteiger partial charge in [0.05, 0.1) is 0 Å². The van der Waals surface area contributed by atoms with Crippen LogP contribution in [0.25, 0.3) is 0 Å². The zero-order valence-electron chi connectivity index (χ0n) is 10.5. The van der Waals surface area contributed by atoms with Crippen molar-refractivity contribution in [3.8, 4) is 0 Å². The minimum Gasteiger partial charge on any atom is -0.320 e. The molecular formula is C12H28N2. The van der Waals surface area contributed by atoms with Crippen molar-refractivity contribution in [2.45, 2.75) is 40.0 Å². The topological polar surface area (TPSA) is 15.3 Å². The van der Waals surface area contributed by atoms with Gasteiger partial charge in [0.15, 0.2) is 0 Å². The molecule has 2 heteroatoms. The van der Waals surface area contributed by atoms with E-state index in [1.165, 1.54) is 38.9 Å². The van der Waals surface area contributed by atoms with Crippen molar-refractivity contribution in [1.82, 2.24) is 10.2 Å². The van der Waals surface area contributed by atoms with Crippen LogP contribution in [0, 0.1) is 5.92 Å². The van der Waals surface area contributed by atoms with E-state index in [1.54, 1.807) is 0 Å². The van der Waals surface area contributed by atoms with Gasteiger partial charge in [-0.2, -0.15) is 0 Å². The molecule has 1 N–H and O–H groups in total. The van der Waals surface area contributed by atoms with Crippen LogP contribution in [0.3, 0.4) is 0 Å². The van der Waals surface area contributed by atoms with Gasteiger partial charge in [0.25, 0.3) is 0 Å². The highest BCUT2D eigenvalue weighted by Crippen LogP contribution is 2.09. The standard InChI is InChI=1S/C12H28N2/c1-5-12(6-2)11-14(7-3)10-8-9-13-4/h12-13H,5-11H2,1-4H3. The van der Waals surface area contributed by atoms with Crippen LogP contribution in [-0.4, -0.2) is 38.1 Å². The Balaban J connectivity index is 3.65. The van der Waals surface area contributed by atoms with Crippen LogP contribution >= 0.6 is 0 Å². The summed E-state index contributed by atoms with van der Waals surface area (Å²) in [7, 11) is 2.02. The molecule has 0 radical (unpaired) electrons. The maximum Gasteiger partial charge on any atom is 0.000935 e.